The van der Waals surface area contributed by atoms with Gasteiger partial charge in [-0.1, -0.05) is 0 Å². The summed E-state index contributed by atoms with van der Waals surface area (Å²) in [7, 11) is -2.67. The highest BCUT2D eigenvalue weighted by Crippen LogP contribution is 2.32. The van der Waals surface area contributed by atoms with E-state index in [2.05, 4.69) is 14.4 Å². The molecule has 4 heterocycles. The van der Waals surface area contributed by atoms with E-state index in [9.17, 15) is 19.8 Å². The van der Waals surface area contributed by atoms with Crippen LogP contribution < -0.4 is 16.1 Å². The molecule has 2 aliphatic heterocycles. The third kappa shape index (κ3) is 5.33. The standard InChI is InChI=1S/C20H27N4O8P/c25-16-5-9-23(19-18(27)17(26)15(32-19)12-31-33(29)30)20(28)24(16)11-13-10-14(4-6-21-13)22-7-2-1-3-8-22/h4-6,9-10,15,17-19,26-27,29-30H,1-3,7-8,11-12H2. The van der Waals surface area contributed by atoms with Crippen LogP contribution in [0.5, 0.6) is 0 Å². The van der Waals surface area contributed by atoms with Crippen LogP contribution in [-0.4, -0.2) is 72.1 Å². The van der Waals surface area contributed by atoms with Crippen LogP contribution in [0.1, 0.15) is 31.2 Å². The maximum atomic E-state index is 13.1. The molecule has 13 heteroatoms. The Morgan fingerprint density at radius 1 is 1.12 bits per heavy atom. The third-order valence-electron chi connectivity index (χ3n) is 5.90. The topological polar surface area (TPSA) is 160 Å². The van der Waals surface area contributed by atoms with Crippen molar-refractivity contribution in [3.05, 3.63) is 57.1 Å². The lowest BCUT2D eigenvalue weighted by Gasteiger charge is -2.29. The lowest BCUT2D eigenvalue weighted by atomic mass is 10.1. The Morgan fingerprint density at radius 3 is 2.61 bits per heavy atom. The second-order valence-electron chi connectivity index (χ2n) is 8.08. The quantitative estimate of drug-likeness (QED) is 0.371. The Morgan fingerprint density at radius 2 is 1.88 bits per heavy atom. The SMILES string of the molecule is O=c1ccn(C2OC(COP(O)O)C(O)C2O)c(=O)n1Cc1cc(N2CCCCC2)ccn1. The molecule has 0 aromatic carbocycles. The van der Waals surface area contributed by atoms with Gasteiger partial charge in [0.1, 0.15) is 18.3 Å². The first-order chi connectivity index (χ1) is 15.8. The third-order valence-corrected chi connectivity index (χ3v) is 6.28. The van der Waals surface area contributed by atoms with Gasteiger partial charge in [0, 0.05) is 37.2 Å². The molecule has 2 aromatic heterocycles. The molecule has 0 aliphatic carbocycles. The number of hydrogen-bond donors (Lipinski definition) is 4. The van der Waals surface area contributed by atoms with Gasteiger partial charge >= 0.3 is 14.3 Å². The fourth-order valence-electron chi connectivity index (χ4n) is 4.17. The second kappa shape index (κ2) is 10.4. The van der Waals surface area contributed by atoms with Crippen LogP contribution in [0.15, 0.2) is 40.2 Å². The van der Waals surface area contributed by atoms with Gasteiger partial charge in [-0.3, -0.25) is 18.9 Å². The predicted octanol–water partition coefficient (Wildman–Crippen LogP) is -0.709. The minimum Gasteiger partial charge on any atom is -0.387 e. The first kappa shape index (κ1) is 24.0. The summed E-state index contributed by atoms with van der Waals surface area (Å²) in [5, 5.41) is 20.6. The van der Waals surface area contributed by atoms with Crippen molar-refractivity contribution in [2.45, 2.75) is 50.3 Å². The van der Waals surface area contributed by atoms with Crippen LogP contribution in [-0.2, 0) is 15.8 Å². The van der Waals surface area contributed by atoms with Crippen molar-refractivity contribution in [2.75, 3.05) is 24.6 Å². The number of nitrogens with zero attached hydrogens (tertiary/aromatic N) is 4. The van der Waals surface area contributed by atoms with E-state index >= 15 is 0 Å². The number of ether oxygens (including phenoxy) is 1. The molecule has 0 saturated carbocycles. The average Bonchev–Trinajstić information content (AvgIpc) is 3.10. The molecule has 4 atom stereocenters. The van der Waals surface area contributed by atoms with E-state index in [4.69, 9.17) is 14.5 Å². The molecule has 12 nitrogen and oxygen atoms in total. The summed E-state index contributed by atoms with van der Waals surface area (Å²) in [6.45, 7) is 1.42. The molecule has 2 aliphatic rings. The van der Waals surface area contributed by atoms with E-state index in [0.717, 1.165) is 40.8 Å². The van der Waals surface area contributed by atoms with Crippen molar-refractivity contribution in [1.82, 2.24) is 14.1 Å². The first-order valence-electron chi connectivity index (χ1n) is 10.7. The lowest BCUT2D eigenvalue weighted by molar-refractivity contribution is -0.0531. The lowest BCUT2D eigenvalue weighted by Crippen LogP contribution is -2.43. The summed E-state index contributed by atoms with van der Waals surface area (Å²) >= 11 is 0. The average molecular weight is 482 g/mol. The van der Waals surface area contributed by atoms with Gasteiger partial charge in [0.2, 0.25) is 0 Å². The largest absolute Gasteiger partial charge is 0.387 e. The van der Waals surface area contributed by atoms with Gasteiger partial charge in [0.25, 0.3) is 5.56 Å². The molecular formula is C20H27N4O8P. The number of anilines is 1. The van der Waals surface area contributed by atoms with Crippen LogP contribution in [0.25, 0.3) is 0 Å². The fourth-order valence-corrected chi connectivity index (χ4v) is 4.45. The normalized spacial score (nSPS) is 25.7. The van der Waals surface area contributed by atoms with E-state index in [1.165, 1.54) is 18.7 Å². The van der Waals surface area contributed by atoms with E-state index in [1.54, 1.807) is 6.20 Å². The highest BCUT2D eigenvalue weighted by molar-refractivity contribution is 7.39. The molecular weight excluding hydrogens is 455 g/mol. The van der Waals surface area contributed by atoms with E-state index in [1.807, 2.05) is 12.1 Å². The smallest absolute Gasteiger partial charge is 0.333 e. The van der Waals surface area contributed by atoms with Crippen molar-refractivity contribution in [2.24, 2.45) is 0 Å². The summed E-state index contributed by atoms with van der Waals surface area (Å²) < 4.78 is 12.2. The van der Waals surface area contributed by atoms with E-state index in [-0.39, 0.29) is 6.54 Å². The van der Waals surface area contributed by atoms with Crippen molar-refractivity contribution in [3.8, 4) is 0 Å². The Hall–Kier alpha value is -2.18. The first-order valence-corrected chi connectivity index (χ1v) is 11.9. The molecule has 4 rings (SSSR count). The molecule has 2 saturated heterocycles. The summed E-state index contributed by atoms with van der Waals surface area (Å²) in [5.74, 6) is 0. The summed E-state index contributed by atoms with van der Waals surface area (Å²) in [6, 6.07) is 4.93. The zero-order chi connectivity index (χ0) is 23.5. The van der Waals surface area contributed by atoms with Crippen molar-refractivity contribution < 1.29 is 29.3 Å². The molecule has 4 unspecified atom stereocenters. The van der Waals surface area contributed by atoms with Gasteiger partial charge in [-0.2, -0.15) is 0 Å². The van der Waals surface area contributed by atoms with Crippen LogP contribution in [0.3, 0.4) is 0 Å². The van der Waals surface area contributed by atoms with Gasteiger partial charge in [-0.15, -0.1) is 0 Å². The molecule has 2 fully saturated rings. The minimum absolute atomic E-state index is 0.0720. The number of aliphatic hydroxyl groups is 2. The highest BCUT2D eigenvalue weighted by Gasteiger charge is 2.44. The van der Waals surface area contributed by atoms with Crippen LogP contribution in [0, 0.1) is 0 Å². The molecule has 180 valence electrons. The number of aromatic nitrogens is 3. The molecule has 0 spiro atoms. The molecule has 4 N–H and O–H groups in total. The zero-order valence-electron chi connectivity index (χ0n) is 17.8. The number of pyridine rings is 1. The Kier molecular flexibility index (Phi) is 7.55. The molecule has 0 radical (unpaired) electrons. The van der Waals surface area contributed by atoms with Crippen molar-refractivity contribution in [3.63, 3.8) is 0 Å². The van der Waals surface area contributed by atoms with E-state index in [0.29, 0.717) is 5.69 Å². The number of aliphatic hydroxyl groups excluding tert-OH is 2. The van der Waals surface area contributed by atoms with Gasteiger partial charge in [0.15, 0.2) is 6.23 Å². The Balaban J connectivity index is 1.57. The number of hydrogen-bond acceptors (Lipinski definition) is 10. The monoisotopic (exact) mass is 482 g/mol. The zero-order valence-corrected chi connectivity index (χ0v) is 18.7. The minimum atomic E-state index is -2.67. The van der Waals surface area contributed by atoms with Crippen LogP contribution in [0.4, 0.5) is 5.69 Å². The Bertz CT molecular complexity index is 1070. The van der Waals surface area contributed by atoms with E-state index < -0.39 is 51.0 Å². The molecule has 0 bridgehead atoms. The molecule has 0 amide bonds. The maximum absolute atomic E-state index is 13.1. The fraction of sp³-hybridized carbons (Fsp3) is 0.550. The predicted molar refractivity (Wildman–Crippen MR) is 118 cm³/mol. The number of piperidine rings is 1. The molecule has 33 heavy (non-hydrogen) atoms. The Labute approximate surface area is 190 Å². The van der Waals surface area contributed by atoms with Crippen molar-refractivity contribution >= 4 is 14.3 Å². The maximum Gasteiger partial charge on any atom is 0.333 e. The van der Waals surface area contributed by atoms with Crippen molar-refractivity contribution in [1.29, 1.82) is 0 Å². The van der Waals surface area contributed by atoms with Gasteiger partial charge in [0.05, 0.1) is 18.8 Å². The number of rotatable bonds is 7. The summed E-state index contributed by atoms with van der Waals surface area (Å²) in [6.07, 6.45) is 0.952. The summed E-state index contributed by atoms with van der Waals surface area (Å²) in [5.41, 5.74) is 0.239. The van der Waals surface area contributed by atoms with Crippen LogP contribution >= 0.6 is 8.60 Å². The van der Waals surface area contributed by atoms with Gasteiger partial charge < -0.3 is 34.2 Å². The second-order valence-corrected chi connectivity index (χ2v) is 8.84. The van der Waals surface area contributed by atoms with Gasteiger partial charge in [-0.05, 0) is 31.4 Å². The molecule has 2 aromatic rings. The summed E-state index contributed by atoms with van der Waals surface area (Å²) in [4.78, 5) is 49.9. The van der Waals surface area contributed by atoms with Gasteiger partial charge in [-0.25, -0.2) is 4.79 Å². The highest BCUT2D eigenvalue weighted by atomic mass is 31.2. The van der Waals surface area contributed by atoms with Crippen LogP contribution in [0.2, 0.25) is 0 Å².